The Labute approximate surface area is 414 Å². The summed E-state index contributed by atoms with van der Waals surface area (Å²) in [4.78, 5) is 5.02. The second-order valence-electron chi connectivity index (χ2n) is 19.1. The zero-order valence-electron chi connectivity index (χ0n) is 38.8. The Morgan fingerprint density at radius 1 is 0.319 bits per heavy atom. The van der Waals surface area contributed by atoms with Gasteiger partial charge in [-0.1, -0.05) is 176 Å². The molecule has 5 nitrogen and oxygen atoms in total. The fraction of sp³-hybridized carbons (Fsp3) is 0. The summed E-state index contributed by atoms with van der Waals surface area (Å²) in [6.07, 6.45) is 0. The Hall–Kier alpha value is -9.52. The Bertz CT molecular complexity index is 4500. The summed E-state index contributed by atoms with van der Waals surface area (Å²) in [7, 11) is 0. The highest BCUT2D eigenvalue weighted by atomic mass is 16.3. The molecule has 5 heterocycles. The molecular formula is C66H40BN3O2. The molecule has 0 saturated heterocycles. The molecule has 0 saturated carbocycles. The van der Waals surface area contributed by atoms with E-state index in [9.17, 15) is 0 Å². The number of fused-ring (bicyclic) bond motifs is 13. The lowest BCUT2D eigenvalue weighted by Gasteiger charge is -2.44. The van der Waals surface area contributed by atoms with Gasteiger partial charge in [-0.15, -0.1) is 0 Å². The van der Waals surface area contributed by atoms with Gasteiger partial charge in [0.05, 0.1) is 22.4 Å². The van der Waals surface area contributed by atoms with Gasteiger partial charge >= 0.3 is 0 Å². The van der Waals surface area contributed by atoms with Crippen molar-refractivity contribution in [2.45, 2.75) is 0 Å². The topological polar surface area (TPSA) is 37.7 Å². The van der Waals surface area contributed by atoms with E-state index >= 15 is 0 Å². The van der Waals surface area contributed by atoms with Gasteiger partial charge in [0.2, 0.25) is 0 Å². The molecule has 0 atom stereocenters. The summed E-state index contributed by atoms with van der Waals surface area (Å²) in [6, 6.07) is 88.0. The third kappa shape index (κ3) is 5.43. The number of hydrogen-bond donors (Lipinski definition) is 0. The van der Waals surface area contributed by atoms with E-state index in [2.05, 4.69) is 257 Å². The van der Waals surface area contributed by atoms with Crippen molar-refractivity contribution in [1.82, 2.24) is 4.57 Å². The summed E-state index contributed by atoms with van der Waals surface area (Å²) in [5, 5.41) is 6.79. The molecule has 0 N–H and O–H groups in total. The van der Waals surface area contributed by atoms with E-state index < -0.39 is 0 Å². The number of aromatic nitrogens is 1. The summed E-state index contributed by atoms with van der Waals surface area (Å²) < 4.78 is 16.7. The van der Waals surface area contributed by atoms with Gasteiger partial charge in [-0.3, -0.25) is 0 Å². The molecule has 11 aromatic carbocycles. The zero-order chi connectivity index (χ0) is 47.0. The predicted molar refractivity (Wildman–Crippen MR) is 300 cm³/mol. The first-order valence-electron chi connectivity index (χ1n) is 24.7. The normalized spacial score (nSPS) is 12.9. The highest BCUT2D eigenvalue weighted by Crippen LogP contribution is 2.53. The van der Waals surface area contributed by atoms with Crippen molar-refractivity contribution >= 4 is 123 Å². The van der Waals surface area contributed by atoms with Crippen LogP contribution in [0.2, 0.25) is 0 Å². The Balaban J connectivity index is 1.05. The van der Waals surface area contributed by atoms with Gasteiger partial charge in [0, 0.05) is 71.9 Å². The molecule has 0 amide bonds. The largest absolute Gasteiger partial charge is 0.454 e. The first-order valence-corrected chi connectivity index (χ1v) is 24.7. The lowest BCUT2D eigenvalue weighted by atomic mass is 9.33. The van der Waals surface area contributed by atoms with Crippen LogP contribution in [0.3, 0.4) is 0 Å². The molecule has 0 bridgehead atoms. The molecule has 16 rings (SSSR count). The second kappa shape index (κ2) is 15.0. The molecular weight excluding hydrogens is 878 g/mol. The van der Waals surface area contributed by atoms with Gasteiger partial charge in [-0.05, 0) is 94.2 Å². The number of benzene rings is 11. The van der Waals surface area contributed by atoms with Crippen LogP contribution in [0.25, 0.3) is 93.6 Å². The Morgan fingerprint density at radius 2 is 0.778 bits per heavy atom. The highest BCUT2D eigenvalue weighted by molar-refractivity contribution is 7.00. The van der Waals surface area contributed by atoms with Gasteiger partial charge in [-0.2, -0.15) is 0 Å². The lowest BCUT2D eigenvalue weighted by Crippen LogP contribution is -2.61. The minimum atomic E-state index is -0.118. The second-order valence-corrected chi connectivity index (χ2v) is 19.1. The molecule has 72 heavy (non-hydrogen) atoms. The molecule has 0 fully saturated rings. The van der Waals surface area contributed by atoms with E-state index in [1.165, 1.54) is 38.2 Å². The Morgan fingerprint density at radius 3 is 1.36 bits per heavy atom. The van der Waals surface area contributed by atoms with Crippen LogP contribution in [0, 0.1) is 0 Å². The van der Waals surface area contributed by atoms with Crippen LogP contribution in [-0.2, 0) is 0 Å². The smallest absolute Gasteiger partial charge is 0.252 e. The molecule has 0 radical (unpaired) electrons. The molecule has 14 aromatic rings. The van der Waals surface area contributed by atoms with Gasteiger partial charge in [0.25, 0.3) is 6.71 Å². The highest BCUT2D eigenvalue weighted by Gasteiger charge is 2.45. The van der Waals surface area contributed by atoms with E-state index in [1.54, 1.807) is 0 Å². The summed E-state index contributed by atoms with van der Waals surface area (Å²) in [6.45, 7) is -0.118. The van der Waals surface area contributed by atoms with Crippen LogP contribution in [0.15, 0.2) is 251 Å². The van der Waals surface area contributed by atoms with Crippen LogP contribution in [0.5, 0.6) is 0 Å². The minimum Gasteiger partial charge on any atom is -0.454 e. The lowest BCUT2D eigenvalue weighted by molar-refractivity contribution is 0.669. The maximum Gasteiger partial charge on any atom is 0.252 e. The van der Waals surface area contributed by atoms with Crippen molar-refractivity contribution in [2.75, 3.05) is 9.80 Å². The summed E-state index contributed by atoms with van der Waals surface area (Å²) >= 11 is 0. The number of anilines is 6. The number of rotatable bonds is 5. The maximum absolute atomic E-state index is 7.16. The average molecular weight is 918 g/mol. The van der Waals surface area contributed by atoms with E-state index in [-0.39, 0.29) is 6.71 Å². The van der Waals surface area contributed by atoms with Gasteiger partial charge in [-0.25, -0.2) is 0 Å². The standard InChI is InChI=1S/C66H40BN3O2/c1-3-18-41(19-4-1)44-35-37-50-48-24-9-15-32-60(48)71-65(50)63(44)69-56-29-14-11-26-52(56)67-53-39-34-43(68-54-27-12-7-22-46(54)47-23-8-13-28-55(47)68)40-59(53)70(58-31-17-30-57(69)62(58)67)64-45(42-20-5-2-6-21-42)36-38-51-49-25-10-16-33-61(49)72-66(51)64/h1-40H. The molecule has 334 valence electrons. The van der Waals surface area contributed by atoms with Crippen molar-refractivity contribution in [1.29, 1.82) is 0 Å². The van der Waals surface area contributed by atoms with E-state index in [0.717, 1.165) is 106 Å². The van der Waals surface area contributed by atoms with Gasteiger partial charge < -0.3 is 23.2 Å². The van der Waals surface area contributed by atoms with E-state index in [0.29, 0.717) is 0 Å². The number of para-hydroxylation sites is 5. The molecule has 0 aliphatic carbocycles. The van der Waals surface area contributed by atoms with Crippen LogP contribution in [0.4, 0.5) is 34.1 Å². The molecule has 2 aliphatic rings. The van der Waals surface area contributed by atoms with Gasteiger partial charge in [0.1, 0.15) is 11.2 Å². The third-order valence-corrected chi connectivity index (χ3v) is 15.4. The first-order chi connectivity index (χ1) is 35.8. The van der Waals surface area contributed by atoms with Crippen molar-refractivity contribution in [3.8, 4) is 27.9 Å². The van der Waals surface area contributed by atoms with Crippen LogP contribution < -0.4 is 26.2 Å². The van der Waals surface area contributed by atoms with Crippen molar-refractivity contribution < 1.29 is 8.83 Å². The van der Waals surface area contributed by atoms with Crippen LogP contribution in [0.1, 0.15) is 0 Å². The third-order valence-electron chi connectivity index (χ3n) is 15.4. The summed E-state index contributed by atoms with van der Waals surface area (Å²) in [5.41, 5.74) is 21.3. The molecule has 0 spiro atoms. The summed E-state index contributed by atoms with van der Waals surface area (Å²) in [5.74, 6) is 0. The first kappa shape index (κ1) is 39.3. The molecule has 2 aliphatic heterocycles. The SMILES string of the molecule is c1ccc(-c2ccc3c(oc4ccccc43)c2N2c3ccccc3B3c4ccc(-n5c6ccccc6c6ccccc65)cc4N(c4c(-c5ccccc5)ccc5c4oc4ccccc45)c4cccc2c43)cc1. The molecule has 0 unspecified atom stereocenters. The zero-order valence-corrected chi connectivity index (χ0v) is 38.8. The Kier molecular flexibility index (Phi) is 8.19. The van der Waals surface area contributed by atoms with Crippen LogP contribution >= 0.6 is 0 Å². The predicted octanol–water partition coefficient (Wildman–Crippen LogP) is 16.0. The molecule has 3 aromatic heterocycles. The van der Waals surface area contributed by atoms with E-state index in [1.807, 2.05) is 0 Å². The molecule has 6 heteroatoms. The monoisotopic (exact) mass is 917 g/mol. The average Bonchev–Trinajstić information content (AvgIpc) is 4.13. The number of nitrogens with zero attached hydrogens (tertiary/aromatic N) is 3. The van der Waals surface area contributed by atoms with Crippen molar-refractivity contribution in [3.05, 3.63) is 243 Å². The fourth-order valence-electron chi connectivity index (χ4n) is 12.4. The number of furan rings is 2. The fourth-order valence-corrected chi connectivity index (χ4v) is 12.4. The minimum absolute atomic E-state index is 0.118. The van der Waals surface area contributed by atoms with Crippen molar-refractivity contribution in [3.63, 3.8) is 0 Å². The van der Waals surface area contributed by atoms with Gasteiger partial charge in [0.15, 0.2) is 11.2 Å². The van der Waals surface area contributed by atoms with E-state index in [4.69, 9.17) is 8.83 Å². The number of hydrogen-bond acceptors (Lipinski definition) is 4. The quantitative estimate of drug-likeness (QED) is 0.161. The van der Waals surface area contributed by atoms with Crippen molar-refractivity contribution in [2.24, 2.45) is 0 Å². The van der Waals surface area contributed by atoms with Crippen LogP contribution in [-0.4, -0.2) is 11.3 Å². The maximum atomic E-state index is 7.16.